The maximum absolute atomic E-state index is 12.4. The Bertz CT molecular complexity index is 619. The van der Waals surface area contributed by atoms with Crippen molar-refractivity contribution >= 4 is 21.1 Å². The van der Waals surface area contributed by atoms with Gasteiger partial charge in [-0.25, -0.2) is 0 Å². The zero-order chi connectivity index (χ0) is 11.8. The van der Waals surface area contributed by atoms with Gasteiger partial charge in [0.05, 0.1) is 17.0 Å². The predicted octanol–water partition coefficient (Wildman–Crippen LogP) is 1.42. The lowest BCUT2D eigenvalue weighted by molar-refractivity contribution is 0.551. The molecule has 0 aliphatic rings. The quantitative estimate of drug-likeness (QED) is 0.765. The van der Waals surface area contributed by atoms with E-state index in [0.29, 0.717) is 5.69 Å². The van der Waals surface area contributed by atoms with E-state index < -0.39 is 16.0 Å². The van der Waals surface area contributed by atoms with Gasteiger partial charge in [-0.2, -0.15) is 13.5 Å². The van der Waals surface area contributed by atoms with Crippen molar-refractivity contribution in [2.45, 2.75) is 6.42 Å². The highest BCUT2D eigenvalue weighted by molar-refractivity contribution is 7.86. The molecule has 0 aliphatic carbocycles. The largest absolute Gasteiger partial charge is 0.302 e. The first-order chi connectivity index (χ1) is 7.47. The van der Waals surface area contributed by atoms with Gasteiger partial charge in [0.2, 0.25) is 0 Å². The molecule has 0 spiro atoms. The minimum Gasteiger partial charge on any atom is -0.268 e. The number of para-hydroxylation sites is 1. The van der Waals surface area contributed by atoms with E-state index in [1.54, 1.807) is 11.7 Å². The average Bonchev–Trinajstić information content (AvgIpc) is 2.53. The minimum atomic E-state index is -4.43. The maximum Gasteiger partial charge on any atom is 0.302 e. The number of nitrogens with zero attached hydrogens (tertiary/aromatic N) is 2. The van der Waals surface area contributed by atoms with Crippen molar-refractivity contribution < 1.29 is 12.3 Å². The summed E-state index contributed by atoms with van der Waals surface area (Å²) >= 11 is 0. The van der Waals surface area contributed by atoms with Crippen LogP contribution in [0, 0.1) is 0 Å². The SMILES string of the molecule is Cn1nc(CCS(=O)(=O)F)c2ccccc21. The Balaban J connectivity index is 2.38. The van der Waals surface area contributed by atoms with Gasteiger partial charge in [0, 0.05) is 18.9 Å². The van der Waals surface area contributed by atoms with E-state index in [9.17, 15) is 12.3 Å². The van der Waals surface area contributed by atoms with Crippen LogP contribution < -0.4 is 0 Å². The van der Waals surface area contributed by atoms with E-state index in [-0.39, 0.29) is 6.42 Å². The standard InChI is InChI=1S/C10H11FN2O2S/c1-13-10-5-3-2-4-8(10)9(12-13)6-7-16(11,14)15/h2-5H,6-7H2,1H3. The lowest BCUT2D eigenvalue weighted by atomic mass is 10.2. The van der Waals surface area contributed by atoms with E-state index in [0.717, 1.165) is 10.9 Å². The van der Waals surface area contributed by atoms with Gasteiger partial charge in [0.25, 0.3) is 0 Å². The first-order valence-electron chi connectivity index (χ1n) is 4.80. The second kappa shape index (κ2) is 3.86. The molecule has 0 radical (unpaired) electrons. The van der Waals surface area contributed by atoms with E-state index in [4.69, 9.17) is 0 Å². The molecular formula is C10H11FN2O2S. The molecule has 16 heavy (non-hydrogen) atoms. The monoisotopic (exact) mass is 242 g/mol. The van der Waals surface area contributed by atoms with Gasteiger partial charge in [-0.1, -0.05) is 18.2 Å². The average molecular weight is 242 g/mol. The number of hydrogen-bond acceptors (Lipinski definition) is 3. The molecule has 4 nitrogen and oxygen atoms in total. The molecule has 1 aromatic heterocycles. The first kappa shape index (κ1) is 11.1. The fraction of sp³-hybridized carbons (Fsp3) is 0.300. The molecule has 0 fully saturated rings. The summed E-state index contributed by atoms with van der Waals surface area (Å²) < 4.78 is 35.0. The number of rotatable bonds is 3. The lowest BCUT2D eigenvalue weighted by Crippen LogP contribution is -2.03. The zero-order valence-electron chi connectivity index (χ0n) is 8.72. The Labute approximate surface area is 92.9 Å². The van der Waals surface area contributed by atoms with Crippen molar-refractivity contribution in [3.05, 3.63) is 30.0 Å². The highest BCUT2D eigenvalue weighted by atomic mass is 32.3. The smallest absolute Gasteiger partial charge is 0.268 e. The van der Waals surface area contributed by atoms with Crippen LogP contribution in [0.5, 0.6) is 0 Å². The fourth-order valence-corrected chi connectivity index (χ4v) is 2.13. The maximum atomic E-state index is 12.4. The molecule has 0 amide bonds. The highest BCUT2D eigenvalue weighted by Gasteiger charge is 2.12. The molecule has 86 valence electrons. The molecular weight excluding hydrogens is 231 g/mol. The third kappa shape index (κ3) is 2.21. The third-order valence-electron chi connectivity index (χ3n) is 2.42. The molecule has 0 bridgehead atoms. The molecule has 2 aromatic rings. The number of benzene rings is 1. The Morgan fingerprint density at radius 3 is 2.75 bits per heavy atom. The normalized spacial score (nSPS) is 12.1. The van der Waals surface area contributed by atoms with Gasteiger partial charge >= 0.3 is 10.2 Å². The molecule has 0 atom stereocenters. The van der Waals surface area contributed by atoms with Crippen LogP contribution in [0.15, 0.2) is 24.3 Å². The first-order valence-corrected chi connectivity index (χ1v) is 6.35. The molecule has 6 heteroatoms. The predicted molar refractivity (Wildman–Crippen MR) is 59.3 cm³/mol. The second-order valence-corrected chi connectivity index (χ2v) is 5.07. The van der Waals surface area contributed by atoms with Crippen LogP contribution in [0.3, 0.4) is 0 Å². The van der Waals surface area contributed by atoms with Crippen molar-refractivity contribution in [1.29, 1.82) is 0 Å². The number of hydrogen-bond donors (Lipinski definition) is 0. The Morgan fingerprint density at radius 2 is 2.06 bits per heavy atom. The summed E-state index contributed by atoms with van der Waals surface area (Å²) in [6.45, 7) is 0. The molecule has 0 saturated heterocycles. The van der Waals surface area contributed by atoms with Gasteiger partial charge in [0.15, 0.2) is 0 Å². The van der Waals surface area contributed by atoms with Crippen molar-refractivity contribution in [3.63, 3.8) is 0 Å². The molecule has 0 N–H and O–H groups in total. The molecule has 0 aliphatic heterocycles. The Morgan fingerprint density at radius 1 is 1.38 bits per heavy atom. The summed E-state index contributed by atoms with van der Waals surface area (Å²) in [5, 5.41) is 5.05. The van der Waals surface area contributed by atoms with Crippen LogP contribution in [-0.4, -0.2) is 24.0 Å². The lowest BCUT2D eigenvalue weighted by Gasteiger charge is -1.93. The molecule has 0 saturated carbocycles. The van der Waals surface area contributed by atoms with Gasteiger partial charge in [0.1, 0.15) is 0 Å². The summed E-state index contributed by atoms with van der Waals surface area (Å²) in [5.74, 6) is -0.520. The van der Waals surface area contributed by atoms with Crippen LogP contribution in [0.4, 0.5) is 3.89 Å². The minimum absolute atomic E-state index is 0.0974. The summed E-state index contributed by atoms with van der Waals surface area (Å²) in [4.78, 5) is 0. The van der Waals surface area contributed by atoms with Crippen LogP contribution in [0.25, 0.3) is 10.9 Å². The van der Waals surface area contributed by atoms with Crippen LogP contribution in [0.1, 0.15) is 5.69 Å². The Hall–Kier alpha value is -1.43. The number of aryl methyl sites for hydroxylation is 2. The molecule has 2 rings (SSSR count). The van der Waals surface area contributed by atoms with E-state index in [1.807, 2.05) is 24.3 Å². The zero-order valence-corrected chi connectivity index (χ0v) is 9.54. The van der Waals surface area contributed by atoms with E-state index >= 15 is 0 Å². The van der Waals surface area contributed by atoms with Crippen molar-refractivity contribution in [3.8, 4) is 0 Å². The molecule has 1 aromatic carbocycles. The van der Waals surface area contributed by atoms with Gasteiger partial charge in [-0.3, -0.25) is 4.68 Å². The van der Waals surface area contributed by atoms with Crippen molar-refractivity contribution in [2.75, 3.05) is 5.75 Å². The van der Waals surface area contributed by atoms with Crippen LogP contribution >= 0.6 is 0 Å². The summed E-state index contributed by atoms with van der Waals surface area (Å²) in [6, 6.07) is 7.45. The number of fused-ring (bicyclic) bond motifs is 1. The third-order valence-corrected chi connectivity index (χ3v) is 3.11. The van der Waals surface area contributed by atoms with Gasteiger partial charge < -0.3 is 0 Å². The summed E-state index contributed by atoms with van der Waals surface area (Å²) in [6.07, 6.45) is 0.0974. The highest BCUT2D eigenvalue weighted by Crippen LogP contribution is 2.18. The number of halogens is 1. The van der Waals surface area contributed by atoms with Crippen molar-refractivity contribution in [2.24, 2.45) is 7.05 Å². The summed E-state index contributed by atoms with van der Waals surface area (Å²) in [5.41, 5.74) is 1.52. The van der Waals surface area contributed by atoms with Crippen LogP contribution in [0.2, 0.25) is 0 Å². The molecule has 1 heterocycles. The number of aromatic nitrogens is 2. The molecule has 0 unspecified atom stereocenters. The van der Waals surface area contributed by atoms with E-state index in [1.165, 1.54) is 0 Å². The van der Waals surface area contributed by atoms with Gasteiger partial charge in [-0.05, 0) is 6.07 Å². The topological polar surface area (TPSA) is 52.0 Å². The van der Waals surface area contributed by atoms with Gasteiger partial charge in [-0.15, -0.1) is 3.89 Å². The Kier molecular flexibility index (Phi) is 2.67. The second-order valence-electron chi connectivity index (χ2n) is 3.58. The summed E-state index contributed by atoms with van der Waals surface area (Å²) in [7, 11) is -2.66. The van der Waals surface area contributed by atoms with Crippen LogP contribution in [-0.2, 0) is 23.7 Å². The van der Waals surface area contributed by atoms with E-state index in [2.05, 4.69) is 5.10 Å². The fourth-order valence-electron chi connectivity index (χ4n) is 1.69. The van der Waals surface area contributed by atoms with Crippen molar-refractivity contribution in [1.82, 2.24) is 9.78 Å².